The molecule has 0 N–H and O–H groups in total. The van der Waals surface area contributed by atoms with E-state index in [-0.39, 0.29) is 11.3 Å². The van der Waals surface area contributed by atoms with Gasteiger partial charge >= 0.3 is 0 Å². The Kier molecular flexibility index (Phi) is 6.59. The third-order valence-electron chi connectivity index (χ3n) is 5.79. The van der Waals surface area contributed by atoms with E-state index in [0.29, 0.717) is 5.92 Å². The fraction of sp³-hybridized carbons (Fsp3) is 0.308. The number of rotatable bonds is 6. The molecular weight excluding hydrogens is 344 g/mol. The van der Waals surface area contributed by atoms with Crippen molar-refractivity contribution in [2.45, 2.75) is 34.6 Å². The summed E-state index contributed by atoms with van der Waals surface area (Å²) in [6.45, 7) is 27.4. The van der Waals surface area contributed by atoms with Crippen molar-refractivity contribution >= 4 is 11.8 Å². The van der Waals surface area contributed by atoms with Crippen molar-refractivity contribution in [2.75, 3.05) is 0 Å². The van der Waals surface area contributed by atoms with Crippen LogP contribution in [-0.4, -0.2) is 0 Å². The summed E-state index contributed by atoms with van der Waals surface area (Å²) < 4.78 is 0. The fourth-order valence-corrected chi connectivity index (χ4v) is 5.88. The van der Waals surface area contributed by atoms with Crippen molar-refractivity contribution in [3.05, 3.63) is 107 Å². The van der Waals surface area contributed by atoms with E-state index >= 15 is 0 Å². The van der Waals surface area contributed by atoms with E-state index in [9.17, 15) is 0 Å². The zero-order valence-corrected chi connectivity index (χ0v) is 18.2. The lowest BCUT2D eigenvalue weighted by atomic mass is 9.78. The summed E-state index contributed by atoms with van der Waals surface area (Å²) in [7, 11) is 0. The first-order valence-corrected chi connectivity index (χ1v) is 10.4. The molecule has 2 aliphatic rings. The molecule has 0 aromatic rings. The Hall–Kier alpha value is -1.99. The van der Waals surface area contributed by atoms with Gasteiger partial charge in [-0.2, -0.15) is 0 Å². The molecule has 0 bridgehead atoms. The van der Waals surface area contributed by atoms with E-state index in [2.05, 4.69) is 79.2 Å². The van der Waals surface area contributed by atoms with Crippen LogP contribution < -0.4 is 0 Å². The molecule has 0 amide bonds. The lowest BCUT2D eigenvalue weighted by molar-refractivity contribution is 0.547. The number of thioether (sulfide) groups is 1. The summed E-state index contributed by atoms with van der Waals surface area (Å²) in [5.74, 6) is 0.584. The number of hydrogen-bond donors (Lipinski definition) is 0. The topological polar surface area (TPSA) is 0 Å². The Bertz CT molecular complexity index is 833. The van der Waals surface area contributed by atoms with E-state index in [1.165, 1.54) is 37.7 Å². The SMILES string of the molecule is C=C/C=C1/C(C(C)C2C(C=C)=C(C=C)S/C2=C/C)=C(C=C)C(C)(C)/C1=C/C. The second-order valence-corrected chi connectivity index (χ2v) is 8.58. The molecule has 142 valence electrons. The third kappa shape index (κ3) is 3.34. The van der Waals surface area contributed by atoms with Crippen LogP contribution in [0.5, 0.6) is 0 Å². The number of allylic oxidation sites excluding steroid dienone is 13. The van der Waals surface area contributed by atoms with E-state index in [1.807, 2.05) is 36.1 Å². The highest BCUT2D eigenvalue weighted by molar-refractivity contribution is 8.07. The van der Waals surface area contributed by atoms with Crippen LogP contribution in [0.3, 0.4) is 0 Å². The van der Waals surface area contributed by atoms with Crippen LogP contribution in [-0.2, 0) is 0 Å². The molecular formula is C26H32S. The normalized spacial score (nSPS) is 27.6. The smallest absolute Gasteiger partial charge is 0.0227 e. The highest BCUT2D eigenvalue weighted by Gasteiger charge is 2.43. The van der Waals surface area contributed by atoms with Gasteiger partial charge in [0.15, 0.2) is 0 Å². The van der Waals surface area contributed by atoms with Crippen molar-refractivity contribution in [3.8, 4) is 0 Å². The standard InChI is InChI=1S/C26H32S/c1-10-16-19-20(12-3)26(8,9)21(13-4)24(19)17(7)25-18(11-2)22(14-5)27-23(25)15-6/h10-17,25H,1-2,4-5H2,3,6-9H3/b19-16+,20-12+,23-15+. The van der Waals surface area contributed by atoms with Gasteiger partial charge < -0.3 is 0 Å². The third-order valence-corrected chi connectivity index (χ3v) is 7.14. The van der Waals surface area contributed by atoms with Crippen LogP contribution in [0.2, 0.25) is 0 Å². The van der Waals surface area contributed by atoms with E-state index in [4.69, 9.17) is 0 Å². The summed E-state index contributed by atoms with van der Waals surface area (Å²) >= 11 is 1.82. The predicted octanol–water partition coefficient (Wildman–Crippen LogP) is 8.10. The molecule has 1 heteroatoms. The van der Waals surface area contributed by atoms with Gasteiger partial charge in [-0.05, 0) is 52.5 Å². The van der Waals surface area contributed by atoms with Crippen LogP contribution in [0.15, 0.2) is 107 Å². The summed E-state index contributed by atoms with van der Waals surface area (Å²) in [6, 6.07) is 0. The molecule has 0 radical (unpaired) electrons. The largest absolute Gasteiger partial charge is 0.0990 e. The van der Waals surface area contributed by atoms with Crippen LogP contribution in [0, 0.1) is 17.3 Å². The van der Waals surface area contributed by atoms with Crippen LogP contribution in [0.25, 0.3) is 0 Å². The number of hydrogen-bond acceptors (Lipinski definition) is 1. The summed E-state index contributed by atoms with van der Waals surface area (Å²) in [4.78, 5) is 2.58. The van der Waals surface area contributed by atoms with Gasteiger partial charge in [-0.1, -0.05) is 101 Å². The Morgan fingerprint density at radius 1 is 1.00 bits per heavy atom. The van der Waals surface area contributed by atoms with Crippen molar-refractivity contribution < 1.29 is 0 Å². The zero-order valence-electron chi connectivity index (χ0n) is 17.4. The molecule has 1 aliphatic carbocycles. The molecule has 1 heterocycles. The van der Waals surface area contributed by atoms with E-state index in [0.717, 1.165) is 0 Å². The molecule has 27 heavy (non-hydrogen) atoms. The van der Waals surface area contributed by atoms with Crippen LogP contribution in [0.4, 0.5) is 0 Å². The first-order chi connectivity index (χ1) is 12.8. The summed E-state index contributed by atoms with van der Waals surface area (Å²) in [5.41, 5.74) is 6.53. The average molecular weight is 377 g/mol. The van der Waals surface area contributed by atoms with Gasteiger partial charge in [0.2, 0.25) is 0 Å². The fourth-order valence-electron chi connectivity index (χ4n) is 4.64. The van der Waals surface area contributed by atoms with Gasteiger partial charge in [-0.15, -0.1) is 0 Å². The summed E-state index contributed by atoms with van der Waals surface area (Å²) in [6.07, 6.45) is 14.5. The monoisotopic (exact) mass is 376 g/mol. The zero-order chi connectivity index (χ0) is 20.4. The Labute approximate surface area is 170 Å². The van der Waals surface area contributed by atoms with Gasteiger partial charge in [0.05, 0.1) is 0 Å². The maximum atomic E-state index is 4.16. The maximum absolute atomic E-state index is 4.16. The molecule has 0 saturated heterocycles. The Balaban J connectivity index is 2.76. The minimum Gasteiger partial charge on any atom is -0.0990 e. The minimum absolute atomic E-state index is 0.0594. The first kappa shape index (κ1) is 21.3. The highest BCUT2D eigenvalue weighted by atomic mass is 32.2. The lowest BCUT2D eigenvalue weighted by Gasteiger charge is -2.26. The quantitative estimate of drug-likeness (QED) is 0.451. The Morgan fingerprint density at radius 2 is 1.67 bits per heavy atom. The molecule has 0 nitrogen and oxygen atoms in total. The first-order valence-electron chi connectivity index (χ1n) is 9.54. The Morgan fingerprint density at radius 3 is 2.11 bits per heavy atom. The van der Waals surface area contributed by atoms with Crippen molar-refractivity contribution in [3.63, 3.8) is 0 Å². The van der Waals surface area contributed by atoms with Gasteiger partial charge in [0.25, 0.3) is 0 Å². The van der Waals surface area contributed by atoms with Crippen LogP contribution >= 0.6 is 11.8 Å². The van der Waals surface area contributed by atoms with Gasteiger partial charge in [-0.25, -0.2) is 0 Å². The van der Waals surface area contributed by atoms with Gasteiger partial charge in [0.1, 0.15) is 0 Å². The second-order valence-electron chi connectivity index (χ2n) is 7.46. The molecule has 2 unspecified atom stereocenters. The molecule has 2 rings (SSSR count). The molecule has 0 aromatic heterocycles. The predicted molar refractivity (Wildman–Crippen MR) is 124 cm³/mol. The van der Waals surface area contributed by atoms with Crippen molar-refractivity contribution in [2.24, 2.45) is 17.3 Å². The lowest BCUT2D eigenvalue weighted by Crippen LogP contribution is -2.16. The molecule has 0 spiro atoms. The molecule has 2 atom stereocenters. The molecule has 1 aliphatic heterocycles. The van der Waals surface area contributed by atoms with Crippen molar-refractivity contribution in [1.29, 1.82) is 0 Å². The van der Waals surface area contributed by atoms with E-state index < -0.39 is 0 Å². The van der Waals surface area contributed by atoms with Crippen molar-refractivity contribution in [1.82, 2.24) is 0 Å². The van der Waals surface area contributed by atoms with Crippen LogP contribution in [0.1, 0.15) is 34.6 Å². The minimum atomic E-state index is -0.0594. The maximum Gasteiger partial charge on any atom is 0.0227 e. The van der Waals surface area contributed by atoms with Gasteiger partial charge in [-0.3, -0.25) is 0 Å². The summed E-state index contributed by atoms with van der Waals surface area (Å²) in [5, 5.41) is 0. The second kappa shape index (κ2) is 8.35. The van der Waals surface area contributed by atoms with Gasteiger partial charge in [0, 0.05) is 16.2 Å². The molecule has 0 fully saturated rings. The molecule has 0 aromatic carbocycles. The van der Waals surface area contributed by atoms with E-state index in [1.54, 1.807) is 0 Å². The highest BCUT2D eigenvalue weighted by Crippen LogP contribution is 2.57. The average Bonchev–Trinajstić information content (AvgIpc) is 3.12. The molecule has 0 saturated carbocycles.